The summed E-state index contributed by atoms with van der Waals surface area (Å²) >= 11 is 0. The summed E-state index contributed by atoms with van der Waals surface area (Å²) in [6, 6.07) is 0.450. The Bertz CT molecular complexity index is 434. The Labute approximate surface area is 158 Å². The van der Waals surface area contributed by atoms with E-state index < -0.39 is 0 Å². The van der Waals surface area contributed by atoms with Crippen LogP contribution >= 0.6 is 0 Å². The minimum Gasteiger partial charge on any atom is -0.469 e. The molecule has 3 fully saturated rings. The Hall–Kier alpha value is -0.690. The second kappa shape index (κ2) is 10.0. The molecule has 0 spiro atoms. The fourth-order valence-corrected chi connectivity index (χ4v) is 5.18. The minimum absolute atomic E-state index is 0.0415. The maximum atomic E-state index is 11.7. The van der Waals surface area contributed by atoms with Gasteiger partial charge < -0.3 is 15.2 Å². The number of carbonyl (C=O) groups excluding carboxylic acids is 1. The predicted molar refractivity (Wildman–Crippen MR) is 102 cm³/mol. The Morgan fingerprint density at radius 1 is 1.12 bits per heavy atom. The lowest BCUT2D eigenvalue weighted by Gasteiger charge is -2.32. The van der Waals surface area contributed by atoms with E-state index in [0.29, 0.717) is 18.1 Å². The first-order chi connectivity index (χ1) is 12.7. The van der Waals surface area contributed by atoms with E-state index in [1.54, 1.807) is 0 Å². The SMILES string of the molecule is COC(=O)C1CCC(C2NCC(CN(CCO)CC3CCCC3)N2)CC1. The molecule has 0 radical (unpaired) electrons. The van der Waals surface area contributed by atoms with Crippen LogP contribution in [0.15, 0.2) is 0 Å². The van der Waals surface area contributed by atoms with Crippen LogP contribution in [0.3, 0.4) is 0 Å². The Balaban J connectivity index is 1.42. The van der Waals surface area contributed by atoms with Crippen molar-refractivity contribution < 1.29 is 14.6 Å². The van der Waals surface area contributed by atoms with Crippen LogP contribution in [0.25, 0.3) is 0 Å². The first kappa shape index (κ1) is 20.1. The molecule has 6 nitrogen and oxygen atoms in total. The van der Waals surface area contributed by atoms with Crippen molar-refractivity contribution in [2.24, 2.45) is 17.8 Å². The fourth-order valence-electron chi connectivity index (χ4n) is 5.18. The van der Waals surface area contributed by atoms with Gasteiger partial charge in [-0.15, -0.1) is 0 Å². The van der Waals surface area contributed by atoms with E-state index in [0.717, 1.165) is 57.8 Å². The average molecular weight is 368 g/mol. The molecule has 0 aromatic heterocycles. The van der Waals surface area contributed by atoms with Gasteiger partial charge in [0, 0.05) is 32.2 Å². The van der Waals surface area contributed by atoms with E-state index in [1.807, 2.05) is 0 Å². The highest BCUT2D eigenvalue weighted by molar-refractivity contribution is 5.72. The summed E-state index contributed by atoms with van der Waals surface area (Å²) in [4.78, 5) is 14.1. The van der Waals surface area contributed by atoms with Crippen LogP contribution in [0, 0.1) is 17.8 Å². The third-order valence-electron chi connectivity index (χ3n) is 6.66. The molecule has 0 bridgehead atoms. The van der Waals surface area contributed by atoms with Crippen LogP contribution in [0.5, 0.6) is 0 Å². The number of carbonyl (C=O) groups is 1. The summed E-state index contributed by atoms with van der Waals surface area (Å²) in [5.41, 5.74) is 0. The molecule has 0 amide bonds. The van der Waals surface area contributed by atoms with Crippen LogP contribution in [-0.4, -0.2) is 68.1 Å². The Kier molecular flexibility index (Phi) is 7.73. The molecule has 0 aromatic rings. The molecular weight excluding hydrogens is 330 g/mol. The molecule has 1 heterocycles. The molecule has 1 saturated heterocycles. The molecule has 2 unspecified atom stereocenters. The van der Waals surface area contributed by atoms with E-state index in [-0.39, 0.29) is 18.5 Å². The molecule has 3 aliphatic rings. The van der Waals surface area contributed by atoms with Gasteiger partial charge in [0.2, 0.25) is 0 Å². The quantitative estimate of drug-likeness (QED) is 0.562. The van der Waals surface area contributed by atoms with Crippen molar-refractivity contribution in [3.8, 4) is 0 Å². The molecule has 0 aromatic carbocycles. The topological polar surface area (TPSA) is 73.8 Å². The molecule has 2 saturated carbocycles. The highest BCUT2D eigenvalue weighted by Crippen LogP contribution is 2.32. The first-order valence-electron chi connectivity index (χ1n) is 10.6. The summed E-state index contributed by atoms with van der Waals surface area (Å²) in [6.45, 7) is 4.16. The number of aliphatic hydroxyl groups is 1. The zero-order valence-electron chi connectivity index (χ0n) is 16.3. The largest absolute Gasteiger partial charge is 0.469 e. The van der Waals surface area contributed by atoms with Gasteiger partial charge in [0.1, 0.15) is 0 Å². The monoisotopic (exact) mass is 367 g/mol. The Morgan fingerprint density at radius 2 is 1.85 bits per heavy atom. The van der Waals surface area contributed by atoms with Gasteiger partial charge in [-0.3, -0.25) is 15.0 Å². The number of esters is 1. The molecule has 150 valence electrons. The van der Waals surface area contributed by atoms with Crippen molar-refractivity contribution in [2.45, 2.75) is 63.6 Å². The smallest absolute Gasteiger partial charge is 0.308 e. The maximum absolute atomic E-state index is 11.7. The summed E-state index contributed by atoms with van der Waals surface area (Å²) in [5, 5.41) is 16.9. The van der Waals surface area contributed by atoms with Gasteiger partial charge in [-0.25, -0.2) is 0 Å². The minimum atomic E-state index is -0.0415. The third-order valence-corrected chi connectivity index (χ3v) is 6.66. The van der Waals surface area contributed by atoms with Crippen LogP contribution in [0.1, 0.15) is 51.4 Å². The summed E-state index contributed by atoms with van der Waals surface area (Å²) < 4.78 is 4.89. The van der Waals surface area contributed by atoms with Gasteiger partial charge in [-0.05, 0) is 50.4 Å². The molecular formula is C20H37N3O3. The van der Waals surface area contributed by atoms with E-state index >= 15 is 0 Å². The summed E-state index contributed by atoms with van der Waals surface area (Å²) in [7, 11) is 1.49. The van der Waals surface area contributed by atoms with Crippen molar-refractivity contribution in [2.75, 3.05) is 39.9 Å². The molecule has 3 N–H and O–H groups in total. The number of nitrogens with zero attached hydrogens (tertiary/aromatic N) is 1. The zero-order valence-corrected chi connectivity index (χ0v) is 16.3. The number of aliphatic hydroxyl groups excluding tert-OH is 1. The van der Waals surface area contributed by atoms with Gasteiger partial charge in [0.15, 0.2) is 0 Å². The summed E-state index contributed by atoms with van der Waals surface area (Å²) in [6.07, 6.45) is 9.86. The highest BCUT2D eigenvalue weighted by Gasteiger charge is 2.35. The maximum Gasteiger partial charge on any atom is 0.308 e. The number of hydrogen-bond donors (Lipinski definition) is 3. The lowest BCUT2D eigenvalue weighted by Crippen LogP contribution is -2.46. The van der Waals surface area contributed by atoms with Crippen molar-refractivity contribution in [1.29, 1.82) is 0 Å². The third kappa shape index (κ3) is 5.41. The van der Waals surface area contributed by atoms with Crippen molar-refractivity contribution in [3.05, 3.63) is 0 Å². The molecule has 6 heteroatoms. The first-order valence-corrected chi connectivity index (χ1v) is 10.6. The number of rotatable bonds is 8. The van der Waals surface area contributed by atoms with Crippen molar-refractivity contribution in [1.82, 2.24) is 15.5 Å². The highest BCUT2D eigenvalue weighted by atomic mass is 16.5. The van der Waals surface area contributed by atoms with Crippen LogP contribution in [0.2, 0.25) is 0 Å². The number of methoxy groups -OCH3 is 1. The summed E-state index contributed by atoms with van der Waals surface area (Å²) in [5.74, 6) is 1.47. The normalized spacial score (nSPS) is 33.0. The number of ether oxygens (including phenoxy) is 1. The van der Waals surface area contributed by atoms with Crippen molar-refractivity contribution in [3.63, 3.8) is 0 Å². The second-order valence-electron chi connectivity index (χ2n) is 8.52. The van der Waals surface area contributed by atoms with E-state index in [1.165, 1.54) is 32.8 Å². The lowest BCUT2D eigenvalue weighted by atomic mass is 9.80. The van der Waals surface area contributed by atoms with E-state index in [4.69, 9.17) is 4.74 Å². The fraction of sp³-hybridized carbons (Fsp3) is 0.950. The molecule has 26 heavy (non-hydrogen) atoms. The van der Waals surface area contributed by atoms with Crippen LogP contribution in [-0.2, 0) is 9.53 Å². The van der Waals surface area contributed by atoms with Gasteiger partial charge >= 0.3 is 5.97 Å². The molecule has 1 aliphatic heterocycles. The van der Waals surface area contributed by atoms with Crippen molar-refractivity contribution >= 4 is 5.97 Å². The Morgan fingerprint density at radius 3 is 2.50 bits per heavy atom. The lowest BCUT2D eigenvalue weighted by molar-refractivity contribution is -0.146. The molecule has 3 rings (SSSR count). The van der Waals surface area contributed by atoms with Gasteiger partial charge in [0.25, 0.3) is 0 Å². The van der Waals surface area contributed by atoms with Gasteiger partial charge in [-0.1, -0.05) is 12.8 Å². The van der Waals surface area contributed by atoms with Gasteiger partial charge in [0.05, 0.1) is 25.8 Å². The van der Waals surface area contributed by atoms with E-state index in [9.17, 15) is 9.90 Å². The number of hydrogen-bond acceptors (Lipinski definition) is 6. The van der Waals surface area contributed by atoms with Crippen LogP contribution < -0.4 is 10.6 Å². The predicted octanol–water partition coefficient (Wildman–Crippen LogP) is 1.34. The second-order valence-corrected chi connectivity index (χ2v) is 8.52. The zero-order chi connectivity index (χ0) is 18.4. The standard InChI is InChI=1S/C20H37N3O3/c1-26-20(25)17-8-6-16(7-9-17)19-21-12-18(22-19)14-23(10-11-24)13-15-4-2-3-5-15/h15-19,21-22,24H,2-14H2,1H3. The van der Waals surface area contributed by atoms with Crippen LogP contribution in [0.4, 0.5) is 0 Å². The molecule has 2 atom stereocenters. The van der Waals surface area contributed by atoms with Gasteiger partial charge in [-0.2, -0.15) is 0 Å². The number of nitrogens with one attached hydrogen (secondary N) is 2. The molecule has 2 aliphatic carbocycles. The van der Waals surface area contributed by atoms with E-state index in [2.05, 4.69) is 15.5 Å². The average Bonchev–Trinajstić information content (AvgIpc) is 3.33.